The molecule has 0 aliphatic carbocycles. The number of hydrogen-bond donors (Lipinski definition) is 2. The second-order valence-electron chi connectivity index (χ2n) is 5.65. The molecule has 5 heteroatoms. The molecule has 0 bridgehead atoms. The predicted molar refractivity (Wildman–Crippen MR) is 109 cm³/mol. The number of benzene rings is 3. The molecule has 1 amide bonds. The van der Waals surface area contributed by atoms with Gasteiger partial charge >= 0.3 is 0 Å². The van der Waals surface area contributed by atoms with Crippen molar-refractivity contribution in [3.8, 4) is 11.3 Å². The minimum absolute atomic E-state index is 0.208. The highest BCUT2D eigenvalue weighted by atomic mass is 127. The maximum absolute atomic E-state index is 12.4. The van der Waals surface area contributed by atoms with E-state index < -0.39 is 0 Å². The highest BCUT2D eigenvalue weighted by molar-refractivity contribution is 14.1. The lowest BCUT2D eigenvalue weighted by Gasteiger charge is -2.03. The van der Waals surface area contributed by atoms with Crippen molar-refractivity contribution in [3.63, 3.8) is 0 Å². The summed E-state index contributed by atoms with van der Waals surface area (Å²) in [4.78, 5) is 12.4. The second-order valence-corrected chi connectivity index (χ2v) is 6.90. The van der Waals surface area contributed by atoms with E-state index in [1.54, 1.807) is 6.07 Å². The Morgan fingerprint density at radius 1 is 0.960 bits per heavy atom. The zero-order valence-corrected chi connectivity index (χ0v) is 15.3. The summed E-state index contributed by atoms with van der Waals surface area (Å²) in [5, 5.41) is 12.3. The number of aromatic amines is 1. The van der Waals surface area contributed by atoms with Crippen LogP contribution in [-0.2, 0) is 0 Å². The normalized spacial score (nSPS) is 10.8. The number of H-pyrrole nitrogens is 1. The molecular formula is C20H14IN3O. The number of amides is 1. The maximum atomic E-state index is 12.4. The van der Waals surface area contributed by atoms with Gasteiger partial charge in [-0.15, -0.1) is 0 Å². The Kier molecular flexibility index (Phi) is 4.23. The fourth-order valence-corrected chi connectivity index (χ4v) is 3.12. The van der Waals surface area contributed by atoms with Gasteiger partial charge in [0.2, 0.25) is 0 Å². The smallest absolute Gasteiger partial charge is 0.273 e. The average molecular weight is 439 g/mol. The van der Waals surface area contributed by atoms with Gasteiger partial charge in [-0.1, -0.05) is 42.5 Å². The van der Waals surface area contributed by atoms with Crippen molar-refractivity contribution >= 4 is 45.0 Å². The van der Waals surface area contributed by atoms with Crippen molar-refractivity contribution in [2.75, 3.05) is 5.32 Å². The molecule has 0 saturated carbocycles. The largest absolute Gasteiger partial charge is 0.321 e. The minimum atomic E-state index is -0.208. The van der Waals surface area contributed by atoms with Crippen LogP contribution in [0.2, 0.25) is 0 Å². The molecule has 0 aliphatic heterocycles. The van der Waals surface area contributed by atoms with Crippen molar-refractivity contribution in [2.45, 2.75) is 0 Å². The van der Waals surface area contributed by atoms with E-state index in [9.17, 15) is 4.79 Å². The second kappa shape index (κ2) is 6.68. The summed E-state index contributed by atoms with van der Waals surface area (Å²) in [5.41, 5.74) is 2.94. The topological polar surface area (TPSA) is 57.8 Å². The van der Waals surface area contributed by atoms with E-state index >= 15 is 0 Å². The summed E-state index contributed by atoms with van der Waals surface area (Å²) in [6, 6.07) is 23.6. The quantitative estimate of drug-likeness (QED) is 0.437. The molecule has 4 aromatic rings. The van der Waals surface area contributed by atoms with Crippen molar-refractivity contribution in [1.29, 1.82) is 0 Å². The van der Waals surface area contributed by atoms with Gasteiger partial charge in [-0.3, -0.25) is 9.89 Å². The number of nitrogens with one attached hydrogen (secondary N) is 2. The van der Waals surface area contributed by atoms with E-state index in [0.717, 1.165) is 31.3 Å². The molecule has 25 heavy (non-hydrogen) atoms. The van der Waals surface area contributed by atoms with Crippen LogP contribution in [0.4, 0.5) is 5.69 Å². The molecule has 0 spiro atoms. The van der Waals surface area contributed by atoms with Crippen LogP contribution in [0, 0.1) is 3.57 Å². The van der Waals surface area contributed by atoms with E-state index in [4.69, 9.17) is 0 Å². The molecule has 4 nitrogen and oxygen atoms in total. The van der Waals surface area contributed by atoms with Gasteiger partial charge in [0.1, 0.15) is 5.69 Å². The Hall–Kier alpha value is -2.67. The number of carbonyl (C=O) groups is 1. The first-order chi connectivity index (χ1) is 12.2. The summed E-state index contributed by atoms with van der Waals surface area (Å²) in [5.74, 6) is -0.208. The summed E-state index contributed by atoms with van der Waals surface area (Å²) in [6.07, 6.45) is 0. The number of carbonyl (C=O) groups excluding carboxylic acids is 1. The lowest BCUT2D eigenvalue weighted by Crippen LogP contribution is -2.12. The Bertz CT molecular complexity index is 1050. The summed E-state index contributed by atoms with van der Waals surface area (Å²) in [6.45, 7) is 0. The van der Waals surface area contributed by atoms with E-state index in [2.05, 4.69) is 56.3 Å². The van der Waals surface area contributed by atoms with Gasteiger partial charge in [-0.25, -0.2) is 0 Å². The molecule has 0 radical (unpaired) electrons. The van der Waals surface area contributed by atoms with Gasteiger partial charge in [0.15, 0.2) is 0 Å². The molecule has 0 aliphatic rings. The molecule has 0 fully saturated rings. The van der Waals surface area contributed by atoms with Crippen LogP contribution >= 0.6 is 22.6 Å². The molecule has 122 valence electrons. The van der Waals surface area contributed by atoms with Crippen molar-refractivity contribution in [3.05, 3.63) is 82.1 Å². The van der Waals surface area contributed by atoms with Crippen LogP contribution in [0.5, 0.6) is 0 Å². The Morgan fingerprint density at radius 3 is 2.56 bits per heavy atom. The number of fused-ring (bicyclic) bond motifs is 1. The van der Waals surface area contributed by atoms with Gasteiger partial charge in [-0.2, -0.15) is 5.10 Å². The van der Waals surface area contributed by atoms with Crippen LogP contribution in [0.15, 0.2) is 72.8 Å². The number of hydrogen-bond acceptors (Lipinski definition) is 2. The van der Waals surface area contributed by atoms with Crippen LogP contribution in [0.1, 0.15) is 10.5 Å². The zero-order valence-electron chi connectivity index (χ0n) is 13.2. The third-order valence-electron chi connectivity index (χ3n) is 3.99. The predicted octanol–water partition coefficient (Wildman–Crippen LogP) is 5.09. The average Bonchev–Trinajstić information content (AvgIpc) is 3.13. The zero-order chi connectivity index (χ0) is 17.2. The van der Waals surface area contributed by atoms with Crippen molar-refractivity contribution < 1.29 is 4.79 Å². The first kappa shape index (κ1) is 15.8. The molecule has 0 saturated heterocycles. The Morgan fingerprint density at radius 2 is 1.72 bits per heavy atom. The van der Waals surface area contributed by atoms with Crippen LogP contribution < -0.4 is 5.32 Å². The van der Waals surface area contributed by atoms with Gasteiger partial charge in [0, 0.05) is 14.8 Å². The van der Waals surface area contributed by atoms with Crippen LogP contribution in [0.25, 0.3) is 22.0 Å². The molecule has 0 unspecified atom stereocenters. The van der Waals surface area contributed by atoms with E-state index in [-0.39, 0.29) is 5.91 Å². The summed E-state index contributed by atoms with van der Waals surface area (Å²) >= 11 is 2.23. The van der Waals surface area contributed by atoms with Gasteiger partial charge < -0.3 is 5.32 Å². The number of nitrogens with zero attached hydrogens (tertiary/aromatic N) is 1. The molecule has 0 atom stereocenters. The molecule has 1 heterocycles. The molecule has 3 aromatic carbocycles. The van der Waals surface area contributed by atoms with E-state index in [1.165, 1.54) is 0 Å². The standard InChI is InChI=1S/C20H14IN3O/c21-14-8-10-15(11-9-14)22-20(25)19-12-18(23-24-19)17-7-3-5-13-4-1-2-6-16(13)17/h1-12H,(H,22,25)(H,23,24). The summed E-state index contributed by atoms with van der Waals surface area (Å²) < 4.78 is 1.12. The molecule has 4 rings (SSSR count). The number of aromatic nitrogens is 2. The maximum Gasteiger partial charge on any atom is 0.273 e. The van der Waals surface area contributed by atoms with E-state index in [0.29, 0.717) is 5.69 Å². The first-order valence-electron chi connectivity index (χ1n) is 7.81. The fraction of sp³-hybridized carbons (Fsp3) is 0. The number of anilines is 1. The Labute approximate surface area is 158 Å². The fourth-order valence-electron chi connectivity index (χ4n) is 2.76. The highest BCUT2D eigenvalue weighted by Crippen LogP contribution is 2.27. The SMILES string of the molecule is O=C(Nc1ccc(I)cc1)c1cc(-c2cccc3ccccc23)n[nH]1. The van der Waals surface area contributed by atoms with Gasteiger partial charge in [-0.05, 0) is 63.7 Å². The molecule has 1 aromatic heterocycles. The highest BCUT2D eigenvalue weighted by Gasteiger charge is 2.13. The third-order valence-corrected chi connectivity index (χ3v) is 4.71. The summed E-state index contributed by atoms with van der Waals surface area (Å²) in [7, 11) is 0. The van der Waals surface area contributed by atoms with Gasteiger partial charge in [0.25, 0.3) is 5.91 Å². The van der Waals surface area contributed by atoms with Crippen molar-refractivity contribution in [2.24, 2.45) is 0 Å². The van der Waals surface area contributed by atoms with Crippen molar-refractivity contribution in [1.82, 2.24) is 10.2 Å². The minimum Gasteiger partial charge on any atom is -0.321 e. The van der Waals surface area contributed by atoms with Gasteiger partial charge in [0.05, 0.1) is 5.69 Å². The van der Waals surface area contributed by atoms with E-state index in [1.807, 2.05) is 48.5 Å². The molecule has 2 N–H and O–H groups in total. The Balaban J connectivity index is 1.63. The van der Waals surface area contributed by atoms with Crippen LogP contribution in [-0.4, -0.2) is 16.1 Å². The number of rotatable bonds is 3. The molecular weight excluding hydrogens is 425 g/mol. The monoisotopic (exact) mass is 439 g/mol. The third kappa shape index (κ3) is 3.28. The number of halogens is 1. The lowest BCUT2D eigenvalue weighted by atomic mass is 10.0. The van der Waals surface area contributed by atoms with Crippen LogP contribution in [0.3, 0.4) is 0 Å². The lowest BCUT2D eigenvalue weighted by molar-refractivity contribution is 0.102. The first-order valence-corrected chi connectivity index (χ1v) is 8.89.